The molecule has 7 nitrogen and oxygen atoms in total. The minimum absolute atomic E-state index is 0.149. The summed E-state index contributed by atoms with van der Waals surface area (Å²) in [4.78, 5) is 16.3. The highest BCUT2D eigenvalue weighted by Gasteiger charge is 2.19. The van der Waals surface area contributed by atoms with Crippen LogP contribution in [0, 0.1) is 0 Å². The molecular formula is C21H27N5O2S. The van der Waals surface area contributed by atoms with Gasteiger partial charge in [0, 0.05) is 62.5 Å². The zero-order chi connectivity index (χ0) is 20.2. The fourth-order valence-electron chi connectivity index (χ4n) is 3.76. The number of piperazine rings is 1. The molecule has 1 aromatic carbocycles. The van der Waals surface area contributed by atoms with Crippen LogP contribution in [0.25, 0.3) is 10.1 Å². The van der Waals surface area contributed by atoms with E-state index in [1.54, 1.807) is 22.2 Å². The number of hydrogen-bond acceptors (Lipinski definition) is 6. The number of ether oxygens (including phenoxy) is 1. The fourth-order valence-corrected chi connectivity index (χ4v) is 4.57. The number of hydrogen-bond donors (Lipinski definition) is 1. The first-order chi connectivity index (χ1) is 14.1. The molecule has 3 heterocycles. The van der Waals surface area contributed by atoms with Crippen molar-refractivity contribution in [3.63, 3.8) is 0 Å². The van der Waals surface area contributed by atoms with Gasteiger partial charge in [0.2, 0.25) is 5.91 Å². The van der Waals surface area contributed by atoms with Gasteiger partial charge in [-0.15, -0.1) is 11.3 Å². The van der Waals surface area contributed by atoms with Gasteiger partial charge in [-0.1, -0.05) is 6.07 Å². The molecule has 4 rings (SSSR count). The van der Waals surface area contributed by atoms with Gasteiger partial charge < -0.3 is 15.0 Å². The number of nitrogens with one attached hydrogen (secondary N) is 1. The number of anilines is 2. The van der Waals surface area contributed by atoms with Crippen molar-refractivity contribution in [2.45, 2.75) is 13.3 Å². The SMILES string of the molecule is CC(=O)Nc1nn(C)cc1OCCCN1CCN(c2cccc3sccc23)CC1. The quantitative estimate of drug-likeness (QED) is 0.603. The van der Waals surface area contributed by atoms with E-state index in [1.165, 1.54) is 22.7 Å². The number of aromatic nitrogens is 2. The second-order valence-electron chi connectivity index (χ2n) is 7.34. The maximum Gasteiger partial charge on any atom is 0.222 e. The Morgan fingerprint density at radius 3 is 2.86 bits per heavy atom. The average Bonchev–Trinajstić information content (AvgIpc) is 3.31. The average molecular weight is 414 g/mol. The Hall–Kier alpha value is -2.58. The molecule has 1 N–H and O–H groups in total. The lowest BCUT2D eigenvalue weighted by molar-refractivity contribution is -0.114. The third kappa shape index (κ3) is 4.71. The number of thiophene rings is 1. The van der Waals surface area contributed by atoms with E-state index < -0.39 is 0 Å². The zero-order valence-corrected chi connectivity index (χ0v) is 17.7. The highest BCUT2D eigenvalue weighted by atomic mass is 32.1. The van der Waals surface area contributed by atoms with E-state index in [9.17, 15) is 4.79 Å². The van der Waals surface area contributed by atoms with Gasteiger partial charge in [0.05, 0.1) is 12.8 Å². The minimum atomic E-state index is -0.149. The van der Waals surface area contributed by atoms with Gasteiger partial charge in [-0.25, -0.2) is 0 Å². The van der Waals surface area contributed by atoms with Crippen molar-refractivity contribution < 1.29 is 9.53 Å². The molecule has 0 unspecified atom stereocenters. The molecule has 154 valence electrons. The Morgan fingerprint density at radius 2 is 2.07 bits per heavy atom. The van der Waals surface area contributed by atoms with Crippen LogP contribution in [0.3, 0.4) is 0 Å². The minimum Gasteiger partial charge on any atom is -0.488 e. The van der Waals surface area contributed by atoms with Crippen LogP contribution in [0.4, 0.5) is 11.5 Å². The van der Waals surface area contributed by atoms with Crippen molar-refractivity contribution in [3.8, 4) is 5.75 Å². The summed E-state index contributed by atoms with van der Waals surface area (Å²) >= 11 is 1.80. The Bertz CT molecular complexity index is 975. The van der Waals surface area contributed by atoms with Crippen molar-refractivity contribution in [2.24, 2.45) is 7.05 Å². The third-order valence-electron chi connectivity index (χ3n) is 5.15. The van der Waals surface area contributed by atoms with Gasteiger partial charge in [0.15, 0.2) is 11.6 Å². The number of aryl methyl sites for hydroxylation is 1. The molecule has 1 fully saturated rings. The number of carbonyl (C=O) groups is 1. The summed E-state index contributed by atoms with van der Waals surface area (Å²) in [7, 11) is 1.81. The van der Waals surface area contributed by atoms with E-state index in [2.05, 4.69) is 49.9 Å². The molecular weight excluding hydrogens is 386 g/mol. The monoisotopic (exact) mass is 413 g/mol. The van der Waals surface area contributed by atoms with Crippen LogP contribution in [0.1, 0.15) is 13.3 Å². The van der Waals surface area contributed by atoms with Crippen molar-refractivity contribution in [3.05, 3.63) is 35.8 Å². The Labute approximate surface area is 174 Å². The first kappa shape index (κ1) is 19.7. The maximum atomic E-state index is 11.3. The lowest BCUT2D eigenvalue weighted by Gasteiger charge is -2.36. The summed E-state index contributed by atoms with van der Waals surface area (Å²) in [5, 5.41) is 10.5. The summed E-state index contributed by atoms with van der Waals surface area (Å²) < 4.78 is 8.85. The van der Waals surface area contributed by atoms with E-state index in [1.807, 2.05) is 7.05 Å². The van der Waals surface area contributed by atoms with E-state index in [4.69, 9.17) is 4.74 Å². The smallest absolute Gasteiger partial charge is 0.222 e. The topological polar surface area (TPSA) is 62.6 Å². The first-order valence-corrected chi connectivity index (χ1v) is 10.9. The molecule has 0 aliphatic carbocycles. The van der Waals surface area contributed by atoms with Crippen LogP contribution in [-0.4, -0.2) is 59.9 Å². The molecule has 8 heteroatoms. The highest BCUT2D eigenvalue weighted by Crippen LogP contribution is 2.31. The first-order valence-electron chi connectivity index (χ1n) is 9.98. The van der Waals surface area contributed by atoms with Gasteiger partial charge >= 0.3 is 0 Å². The molecule has 0 atom stereocenters. The molecule has 29 heavy (non-hydrogen) atoms. The van der Waals surface area contributed by atoms with Gasteiger partial charge in [-0.05, 0) is 30.0 Å². The van der Waals surface area contributed by atoms with Gasteiger partial charge in [-0.2, -0.15) is 5.10 Å². The molecule has 0 saturated carbocycles. The Morgan fingerprint density at radius 1 is 1.24 bits per heavy atom. The van der Waals surface area contributed by atoms with Gasteiger partial charge in [-0.3, -0.25) is 14.4 Å². The number of carbonyl (C=O) groups excluding carboxylic acids is 1. The van der Waals surface area contributed by atoms with E-state index in [-0.39, 0.29) is 5.91 Å². The summed E-state index contributed by atoms with van der Waals surface area (Å²) in [5.41, 5.74) is 1.36. The van der Waals surface area contributed by atoms with Crippen molar-refractivity contribution >= 4 is 38.8 Å². The molecule has 1 aliphatic rings. The van der Waals surface area contributed by atoms with Crippen LogP contribution in [0.5, 0.6) is 5.75 Å². The third-order valence-corrected chi connectivity index (χ3v) is 6.03. The lowest BCUT2D eigenvalue weighted by Crippen LogP contribution is -2.46. The predicted octanol–water partition coefficient (Wildman–Crippen LogP) is 3.18. The van der Waals surface area contributed by atoms with Crippen molar-refractivity contribution in [2.75, 3.05) is 49.5 Å². The zero-order valence-electron chi connectivity index (χ0n) is 16.9. The Kier molecular flexibility index (Phi) is 6.01. The van der Waals surface area contributed by atoms with E-state index >= 15 is 0 Å². The van der Waals surface area contributed by atoms with E-state index in [0.29, 0.717) is 18.2 Å². The number of benzene rings is 1. The largest absolute Gasteiger partial charge is 0.488 e. The standard InChI is InChI=1S/C21H27N5O2S/c1-16(27)22-21-19(15-24(2)23-21)28-13-4-8-25-9-11-26(12-10-25)18-5-3-6-20-17(18)7-14-29-20/h3,5-7,14-15H,4,8-13H2,1-2H3,(H,22,23,27). The van der Waals surface area contributed by atoms with Gasteiger partial charge in [0.1, 0.15) is 0 Å². The maximum absolute atomic E-state index is 11.3. The fraction of sp³-hybridized carbons (Fsp3) is 0.429. The molecule has 1 saturated heterocycles. The predicted molar refractivity (Wildman–Crippen MR) is 118 cm³/mol. The van der Waals surface area contributed by atoms with Crippen molar-refractivity contribution in [1.82, 2.24) is 14.7 Å². The molecule has 0 radical (unpaired) electrons. The van der Waals surface area contributed by atoms with Crippen LogP contribution in [0.15, 0.2) is 35.8 Å². The lowest BCUT2D eigenvalue weighted by atomic mass is 10.2. The highest BCUT2D eigenvalue weighted by molar-refractivity contribution is 7.17. The molecule has 3 aromatic rings. The van der Waals surface area contributed by atoms with Crippen LogP contribution >= 0.6 is 11.3 Å². The number of fused-ring (bicyclic) bond motifs is 1. The second-order valence-corrected chi connectivity index (χ2v) is 8.28. The van der Waals surface area contributed by atoms with E-state index in [0.717, 1.165) is 39.1 Å². The Balaban J connectivity index is 1.23. The van der Waals surface area contributed by atoms with Crippen molar-refractivity contribution in [1.29, 1.82) is 0 Å². The molecule has 0 bridgehead atoms. The summed E-state index contributed by atoms with van der Waals surface area (Å²) in [6.45, 7) is 7.29. The molecule has 2 aromatic heterocycles. The molecule has 1 amide bonds. The van der Waals surface area contributed by atoms with Gasteiger partial charge in [0.25, 0.3) is 0 Å². The second kappa shape index (κ2) is 8.84. The summed E-state index contributed by atoms with van der Waals surface area (Å²) in [6.07, 6.45) is 2.73. The normalized spacial score (nSPS) is 15.0. The van der Waals surface area contributed by atoms with Crippen LogP contribution < -0.4 is 15.0 Å². The number of nitrogens with zero attached hydrogens (tertiary/aromatic N) is 4. The number of amides is 1. The summed E-state index contributed by atoms with van der Waals surface area (Å²) in [6, 6.07) is 8.82. The van der Waals surface area contributed by atoms with Crippen LogP contribution in [-0.2, 0) is 11.8 Å². The number of rotatable bonds is 7. The molecule has 1 aliphatic heterocycles. The van der Waals surface area contributed by atoms with Crippen LogP contribution in [0.2, 0.25) is 0 Å². The molecule has 0 spiro atoms. The summed E-state index contributed by atoms with van der Waals surface area (Å²) in [5.74, 6) is 0.956.